The number of nitrogens with zero attached hydrogens (tertiary/aromatic N) is 1. The summed E-state index contributed by atoms with van der Waals surface area (Å²) in [7, 11) is 0. The van der Waals surface area contributed by atoms with Crippen LogP contribution in [0.4, 0.5) is 11.4 Å². The molecule has 2 aromatic carbocycles. The molecule has 0 saturated carbocycles. The lowest BCUT2D eigenvalue weighted by atomic mass is 10.1. The van der Waals surface area contributed by atoms with Gasteiger partial charge in [-0.2, -0.15) is 0 Å². The van der Waals surface area contributed by atoms with Crippen LogP contribution in [-0.4, -0.2) is 17.4 Å². The molecule has 1 amide bonds. The lowest BCUT2D eigenvalue weighted by Crippen LogP contribution is -2.08. The molecule has 1 N–H and O–H groups in total. The van der Waals surface area contributed by atoms with Gasteiger partial charge in [-0.3, -0.25) is 14.9 Å². The third kappa shape index (κ3) is 5.17. The number of nitrogens with one attached hydrogen (secondary N) is 1. The number of aryl methyl sites for hydroxylation is 1. The SMILES string of the molecule is CCCOc1ccc(/C=C/C(=O)Nc2ccccc2C)cc1[N+](=O)[O-]. The fourth-order valence-corrected chi connectivity index (χ4v) is 2.17. The quantitative estimate of drug-likeness (QED) is 0.462. The van der Waals surface area contributed by atoms with Crippen LogP contribution in [-0.2, 0) is 4.79 Å². The second-order valence-corrected chi connectivity index (χ2v) is 5.47. The summed E-state index contributed by atoms with van der Waals surface area (Å²) in [6, 6.07) is 12.1. The van der Waals surface area contributed by atoms with E-state index in [4.69, 9.17) is 4.74 Å². The van der Waals surface area contributed by atoms with Crippen molar-refractivity contribution in [3.05, 3.63) is 69.8 Å². The van der Waals surface area contributed by atoms with Crippen LogP contribution in [0, 0.1) is 17.0 Å². The summed E-state index contributed by atoms with van der Waals surface area (Å²) in [4.78, 5) is 22.7. The number of benzene rings is 2. The minimum Gasteiger partial charge on any atom is -0.487 e. The van der Waals surface area contributed by atoms with E-state index >= 15 is 0 Å². The Hall–Kier alpha value is -3.15. The molecule has 0 bridgehead atoms. The molecule has 25 heavy (non-hydrogen) atoms. The molecule has 0 aliphatic heterocycles. The zero-order chi connectivity index (χ0) is 18.2. The van der Waals surface area contributed by atoms with Crippen molar-refractivity contribution in [2.24, 2.45) is 0 Å². The Kier molecular flexibility index (Phi) is 6.28. The summed E-state index contributed by atoms with van der Waals surface area (Å²) >= 11 is 0. The van der Waals surface area contributed by atoms with Crippen molar-refractivity contribution in [1.82, 2.24) is 0 Å². The average molecular weight is 340 g/mol. The second-order valence-electron chi connectivity index (χ2n) is 5.47. The number of anilines is 1. The van der Waals surface area contributed by atoms with Gasteiger partial charge in [0, 0.05) is 17.8 Å². The van der Waals surface area contributed by atoms with Gasteiger partial charge < -0.3 is 10.1 Å². The highest BCUT2D eigenvalue weighted by Crippen LogP contribution is 2.28. The number of hydrogen-bond acceptors (Lipinski definition) is 4. The molecule has 6 heteroatoms. The van der Waals surface area contributed by atoms with Crippen molar-refractivity contribution in [3.8, 4) is 5.75 Å². The minimum atomic E-state index is -0.490. The minimum absolute atomic E-state index is 0.116. The molecule has 0 saturated heterocycles. The van der Waals surface area contributed by atoms with Crippen LogP contribution in [0.2, 0.25) is 0 Å². The number of ether oxygens (including phenoxy) is 1. The van der Waals surface area contributed by atoms with Gasteiger partial charge in [-0.15, -0.1) is 0 Å². The first-order valence-electron chi connectivity index (χ1n) is 7.97. The molecule has 0 spiro atoms. The van der Waals surface area contributed by atoms with Gasteiger partial charge in [0.15, 0.2) is 5.75 Å². The smallest absolute Gasteiger partial charge is 0.311 e. The number of amides is 1. The van der Waals surface area contributed by atoms with Crippen LogP contribution in [0.1, 0.15) is 24.5 Å². The van der Waals surface area contributed by atoms with Crippen molar-refractivity contribution in [1.29, 1.82) is 0 Å². The number of nitro benzene ring substituents is 1. The van der Waals surface area contributed by atoms with E-state index in [0.717, 1.165) is 17.7 Å². The first-order valence-corrected chi connectivity index (χ1v) is 7.97. The van der Waals surface area contributed by atoms with Crippen molar-refractivity contribution in [2.75, 3.05) is 11.9 Å². The first-order chi connectivity index (χ1) is 12.0. The Labute approximate surface area is 146 Å². The van der Waals surface area contributed by atoms with E-state index in [1.807, 2.05) is 38.1 Å². The van der Waals surface area contributed by atoms with Crippen molar-refractivity contribution in [3.63, 3.8) is 0 Å². The molecule has 0 unspecified atom stereocenters. The average Bonchev–Trinajstić information content (AvgIpc) is 2.60. The molecule has 0 fully saturated rings. The molecule has 0 aromatic heterocycles. The summed E-state index contributed by atoms with van der Waals surface area (Å²) in [6.45, 7) is 4.24. The number of carbonyl (C=O) groups excluding carboxylic acids is 1. The van der Waals surface area contributed by atoms with E-state index in [9.17, 15) is 14.9 Å². The Morgan fingerprint density at radius 3 is 2.72 bits per heavy atom. The molecule has 2 aromatic rings. The molecule has 2 rings (SSSR count). The number of carbonyl (C=O) groups is 1. The van der Waals surface area contributed by atoms with Gasteiger partial charge in [-0.1, -0.05) is 31.2 Å². The number of nitro groups is 1. The van der Waals surface area contributed by atoms with Crippen LogP contribution in [0.15, 0.2) is 48.5 Å². The summed E-state index contributed by atoms with van der Waals surface area (Å²) < 4.78 is 5.38. The van der Waals surface area contributed by atoms with Crippen LogP contribution < -0.4 is 10.1 Å². The lowest BCUT2D eigenvalue weighted by Gasteiger charge is -2.06. The van der Waals surface area contributed by atoms with Crippen LogP contribution in [0.5, 0.6) is 5.75 Å². The first kappa shape index (κ1) is 18.2. The van der Waals surface area contributed by atoms with Gasteiger partial charge in [-0.25, -0.2) is 0 Å². The molecule has 0 aliphatic rings. The van der Waals surface area contributed by atoms with Crippen molar-refractivity contribution in [2.45, 2.75) is 20.3 Å². The summed E-state index contributed by atoms with van der Waals surface area (Å²) in [6.07, 6.45) is 3.64. The number of hydrogen-bond donors (Lipinski definition) is 1. The molecular formula is C19H20N2O4. The van der Waals surface area contributed by atoms with Gasteiger partial charge in [-0.05, 0) is 42.7 Å². The molecule has 0 aliphatic carbocycles. The molecule has 0 atom stereocenters. The number of rotatable bonds is 7. The van der Waals surface area contributed by atoms with Crippen LogP contribution in [0.3, 0.4) is 0 Å². The summed E-state index contributed by atoms with van der Waals surface area (Å²) in [5.74, 6) is -0.0726. The third-order valence-electron chi connectivity index (χ3n) is 3.47. The normalized spacial score (nSPS) is 10.6. The second kappa shape index (κ2) is 8.63. The number of para-hydroxylation sites is 1. The van der Waals surface area contributed by atoms with E-state index in [-0.39, 0.29) is 17.3 Å². The summed E-state index contributed by atoms with van der Waals surface area (Å²) in [5.41, 5.74) is 2.12. The van der Waals surface area contributed by atoms with Crippen LogP contribution in [0.25, 0.3) is 6.08 Å². The van der Waals surface area contributed by atoms with Crippen molar-refractivity contribution < 1.29 is 14.5 Å². The summed E-state index contributed by atoms with van der Waals surface area (Å²) in [5, 5.41) is 13.9. The van der Waals surface area contributed by atoms with Crippen molar-refractivity contribution >= 4 is 23.4 Å². The predicted octanol–water partition coefficient (Wildman–Crippen LogP) is 4.34. The highest BCUT2D eigenvalue weighted by Gasteiger charge is 2.15. The standard InChI is InChI=1S/C19H20N2O4/c1-3-12-25-18-10-8-15(13-17(18)21(23)24)9-11-19(22)20-16-7-5-4-6-14(16)2/h4-11,13H,3,12H2,1-2H3,(H,20,22)/b11-9+. The van der Waals surface area contributed by atoms with Gasteiger partial charge in [0.1, 0.15) is 0 Å². The maximum absolute atomic E-state index is 12.0. The van der Waals surface area contributed by atoms with Gasteiger partial charge in [0.05, 0.1) is 11.5 Å². The Bertz CT molecular complexity index is 800. The largest absolute Gasteiger partial charge is 0.487 e. The zero-order valence-electron chi connectivity index (χ0n) is 14.2. The monoisotopic (exact) mass is 340 g/mol. The van der Waals surface area contributed by atoms with Gasteiger partial charge in [0.25, 0.3) is 0 Å². The third-order valence-corrected chi connectivity index (χ3v) is 3.47. The lowest BCUT2D eigenvalue weighted by molar-refractivity contribution is -0.385. The van der Waals surface area contributed by atoms with E-state index in [1.54, 1.807) is 12.1 Å². The van der Waals surface area contributed by atoms with Crippen LogP contribution >= 0.6 is 0 Å². The molecule has 6 nitrogen and oxygen atoms in total. The van der Waals surface area contributed by atoms with E-state index in [0.29, 0.717) is 12.2 Å². The fraction of sp³-hybridized carbons (Fsp3) is 0.211. The Morgan fingerprint density at radius 2 is 2.04 bits per heavy atom. The molecule has 130 valence electrons. The van der Waals surface area contributed by atoms with E-state index < -0.39 is 4.92 Å². The maximum atomic E-state index is 12.0. The zero-order valence-corrected chi connectivity index (χ0v) is 14.2. The maximum Gasteiger partial charge on any atom is 0.311 e. The molecule has 0 heterocycles. The highest BCUT2D eigenvalue weighted by molar-refractivity contribution is 6.02. The van der Waals surface area contributed by atoms with E-state index in [2.05, 4.69) is 5.32 Å². The highest BCUT2D eigenvalue weighted by atomic mass is 16.6. The predicted molar refractivity (Wildman–Crippen MR) is 97.7 cm³/mol. The molecular weight excluding hydrogens is 320 g/mol. The van der Waals surface area contributed by atoms with Gasteiger partial charge in [0.2, 0.25) is 5.91 Å². The van der Waals surface area contributed by atoms with Gasteiger partial charge >= 0.3 is 5.69 Å². The molecule has 0 radical (unpaired) electrons. The van der Waals surface area contributed by atoms with E-state index in [1.165, 1.54) is 18.2 Å². The topological polar surface area (TPSA) is 81.5 Å². The Balaban J connectivity index is 2.12. The Morgan fingerprint density at radius 1 is 1.28 bits per heavy atom. The fourth-order valence-electron chi connectivity index (χ4n) is 2.17.